The van der Waals surface area contributed by atoms with Crippen LogP contribution in [-0.4, -0.2) is 40.5 Å². The maximum Gasteiger partial charge on any atom is 0.349 e. The second-order valence-electron chi connectivity index (χ2n) is 8.77. The van der Waals surface area contributed by atoms with Gasteiger partial charge < -0.3 is 0 Å². The summed E-state index contributed by atoms with van der Waals surface area (Å²) >= 11 is 3.66. The third-order valence-corrected chi connectivity index (χ3v) is 6.79. The van der Waals surface area contributed by atoms with Crippen molar-refractivity contribution in [1.29, 1.82) is 0 Å². The summed E-state index contributed by atoms with van der Waals surface area (Å²) in [6.45, 7) is 7.56. The Morgan fingerprint density at radius 1 is 1.09 bits per heavy atom. The number of nitrogens with zero attached hydrogens (tertiary/aromatic N) is 5. The van der Waals surface area contributed by atoms with E-state index >= 15 is 0 Å². The lowest BCUT2D eigenvalue weighted by Crippen LogP contribution is -2.47. The number of benzene rings is 2. The van der Waals surface area contributed by atoms with Crippen molar-refractivity contribution >= 4 is 45.1 Å². The number of carbonyl (C=O) groups excluding carboxylic acids is 1. The van der Waals surface area contributed by atoms with Crippen molar-refractivity contribution in [2.45, 2.75) is 33.1 Å². The Morgan fingerprint density at radius 3 is 2.61 bits per heavy atom. The number of halogens is 1. The highest BCUT2D eigenvalue weighted by Gasteiger charge is 2.41. The normalized spacial score (nSPS) is 18.2. The molecule has 0 aromatic heterocycles. The van der Waals surface area contributed by atoms with Crippen molar-refractivity contribution in [1.82, 2.24) is 9.91 Å². The van der Waals surface area contributed by atoms with Crippen LogP contribution in [0.4, 0.5) is 10.5 Å². The molecule has 2 amide bonds. The molecule has 0 saturated heterocycles. The molecule has 0 fully saturated rings. The van der Waals surface area contributed by atoms with Gasteiger partial charge in [-0.2, -0.15) is 15.2 Å². The number of hydrogen-bond donors (Lipinski definition) is 0. The van der Waals surface area contributed by atoms with E-state index in [9.17, 15) is 4.79 Å². The van der Waals surface area contributed by atoms with Crippen LogP contribution in [0.25, 0.3) is 6.08 Å². The summed E-state index contributed by atoms with van der Waals surface area (Å²) < 4.78 is 0.855. The maximum atomic E-state index is 13.4. The monoisotopic (exact) mass is 503 g/mol. The largest absolute Gasteiger partial charge is 0.349 e. The average Bonchev–Trinajstić information content (AvgIpc) is 3.17. The summed E-state index contributed by atoms with van der Waals surface area (Å²) in [6, 6.07) is 16.1. The molecule has 2 aromatic rings. The number of rotatable bonds is 4. The van der Waals surface area contributed by atoms with Gasteiger partial charge in [0.1, 0.15) is 5.71 Å². The number of urea groups is 1. The van der Waals surface area contributed by atoms with Gasteiger partial charge in [-0.25, -0.2) is 4.79 Å². The Morgan fingerprint density at radius 2 is 1.88 bits per heavy atom. The van der Waals surface area contributed by atoms with Crippen LogP contribution < -0.4 is 5.01 Å². The minimum atomic E-state index is -0.122. The first-order chi connectivity index (χ1) is 15.9. The second-order valence-corrected chi connectivity index (χ2v) is 9.63. The third-order valence-electron chi connectivity index (χ3n) is 6.16. The van der Waals surface area contributed by atoms with E-state index in [-0.39, 0.29) is 6.03 Å². The standard InChI is InChI=1S/C26H26BrN5O/c1-17(2)20-9-10-23(22(27)15-20)32-26(33)31-14-12-21-16-30(13-11-19-7-5-4-6-8-19)28-18(3)24(29-32)25(21)31/h4-11,13,15,17H,12,14,16H2,1-3H3. The summed E-state index contributed by atoms with van der Waals surface area (Å²) in [7, 11) is 0. The Kier molecular flexibility index (Phi) is 5.66. The molecule has 33 heavy (non-hydrogen) atoms. The first-order valence-corrected chi connectivity index (χ1v) is 12.0. The summed E-state index contributed by atoms with van der Waals surface area (Å²) in [6.07, 6.45) is 4.87. The number of carbonyl (C=O) groups is 1. The van der Waals surface area contributed by atoms with Gasteiger partial charge in [0.2, 0.25) is 0 Å². The minimum absolute atomic E-state index is 0.122. The van der Waals surface area contributed by atoms with E-state index in [0.29, 0.717) is 19.0 Å². The molecular weight excluding hydrogens is 478 g/mol. The van der Waals surface area contributed by atoms with E-state index in [1.54, 1.807) is 0 Å². The van der Waals surface area contributed by atoms with Gasteiger partial charge in [0.25, 0.3) is 0 Å². The Labute approximate surface area is 202 Å². The van der Waals surface area contributed by atoms with Crippen molar-refractivity contribution in [3.05, 3.63) is 81.6 Å². The van der Waals surface area contributed by atoms with Crippen molar-refractivity contribution < 1.29 is 4.79 Å². The van der Waals surface area contributed by atoms with Crippen LogP contribution in [0.2, 0.25) is 0 Å². The van der Waals surface area contributed by atoms with Gasteiger partial charge in [0.05, 0.1) is 23.6 Å². The summed E-state index contributed by atoms with van der Waals surface area (Å²) in [5, 5.41) is 13.1. The minimum Gasteiger partial charge on any atom is -0.290 e. The van der Waals surface area contributed by atoms with Crippen molar-refractivity contribution in [3.8, 4) is 0 Å². The molecular formula is C26H26BrN5O. The van der Waals surface area contributed by atoms with Crippen molar-refractivity contribution in [2.75, 3.05) is 18.1 Å². The predicted molar refractivity (Wildman–Crippen MR) is 137 cm³/mol. The van der Waals surface area contributed by atoms with Gasteiger partial charge in [0.15, 0.2) is 0 Å². The molecule has 2 aromatic carbocycles. The van der Waals surface area contributed by atoms with Gasteiger partial charge in [-0.1, -0.05) is 50.2 Å². The molecule has 3 aliphatic rings. The first-order valence-electron chi connectivity index (χ1n) is 11.2. The molecule has 0 unspecified atom stereocenters. The van der Waals surface area contributed by atoms with Crippen LogP contribution in [0.1, 0.15) is 44.2 Å². The molecule has 0 saturated carbocycles. The molecule has 3 heterocycles. The zero-order valence-corrected chi connectivity index (χ0v) is 20.6. The van der Waals surface area contributed by atoms with Crippen LogP contribution in [0.5, 0.6) is 0 Å². The molecule has 3 aliphatic heterocycles. The molecule has 168 valence electrons. The van der Waals surface area contributed by atoms with Crippen LogP contribution in [0, 0.1) is 0 Å². The molecule has 0 bridgehead atoms. The average molecular weight is 504 g/mol. The number of hydrazone groups is 2. The van der Waals surface area contributed by atoms with Crippen LogP contribution in [-0.2, 0) is 0 Å². The predicted octanol–water partition coefficient (Wildman–Crippen LogP) is 6.19. The van der Waals surface area contributed by atoms with Crippen LogP contribution >= 0.6 is 15.9 Å². The lowest BCUT2D eigenvalue weighted by Gasteiger charge is -2.32. The van der Waals surface area contributed by atoms with Gasteiger partial charge in [-0.05, 0) is 70.1 Å². The van der Waals surface area contributed by atoms with E-state index in [4.69, 9.17) is 10.2 Å². The molecule has 7 heteroatoms. The van der Waals surface area contributed by atoms with Gasteiger partial charge in [0, 0.05) is 17.2 Å². The van der Waals surface area contributed by atoms with E-state index in [1.807, 2.05) is 47.3 Å². The highest BCUT2D eigenvalue weighted by atomic mass is 79.9. The Balaban J connectivity index is 1.53. The van der Waals surface area contributed by atoms with Crippen LogP contribution in [0.3, 0.4) is 0 Å². The van der Waals surface area contributed by atoms with E-state index in [2.05, 4.69) is 60.1 Å². The lowest BCUT2D eigenvalue weighted by atomic mass is 10.0. The fourth-order valence-corrected chi connectivity index (χ4v) is 4.93. The van der Waals surface area contributed by atoms with Gasteiger partial charge >= 0.3 is 6.03 Å². The molecule has 5 rings (SSSR count). The Bertz CT molecular complexity index is 1230. The highest BCUT2D eigenvalue weighted by Crippen LogP contribution is 2.37. The van der Waals surface area contributed by atoms with E-state index < -0.39 is 0 Å². The fraction of sp³-hybridized carbons (Fsp3) is 0.269. The summed E-state index contributed by atoms with van der Waals surface area (Å²) in [4.78, 5) is 15.3. The fourth-order valence-electron chi connectivity index (χ4n) is 4.36. The molecule has 0 radical (unpaired) electrons. The second kappa shape index (κ2) is 8.63. The van der Waals surface area contributed by atoms with E-state index in [1.165, 1.54) is 16.1 Å². The van der Waals surface area contributed by atoms with Crippen molar-refractivity contribution in [2.24, 2.45) is 10.2 Å². The number of hydrogen-bond acceptors (Lipinski definition) is 4. The van der Waals surface area contributed by atoms with Gasteiger partial charge in [-0.15, -0.1) is 0 Å². The maximum absolute atomic E-state index is 13.4. The molecule has 6 nitrogen and oxygen atoms in total. The zero-order chi connectivity index (χ0) is 23.1. The van der Waals surface area contributed by atoms with E-state index in [0.717, 1.165) is 39.3 Å². The summed E-state index contributed by atoms with van der Waals surface area (Å²) in [5.74, 6) is 0.403. The molecule has 0 atom stereocenters. The number of allylic oxidation sites excluding steroid dienone is 1. The topological polar surface area (TPSA) is 51.5 Å². The third kappa shape index (κ3) is 4.02. The van der Waals surface area contributed by atoms with Crippen molar-refractivity contribution in [3.63, 3.8) is 0 Å². The Hall–Kier alpha value is -3.19. The van der Waals surface area contributed by atoms with Gasteiger partial charge in [-0.3, -0.25) is 9.91 Å². The molecule has 0 spiro atoms. The summed E-state index contributed by atoms with van der Waals surface area (Å²) in [5.41, 5.74) is 6.72. The highest BCUT2D eigenvalue weighted by molar-refractivity contribution is 9.10. The SMILES string of the molecule is CC1=NN(C=Cc2ccccc2)CC2=C3C1=NN(c1ccc(C(C)C)cc1Br)C(=O)N3CC2. The molecule has 0 aliphatic carbocycles. The smallest absolute Gasteiger partial charge is 0.290 e. The number of amides is 2. The first kappa shape index (κ1) is 21.6. The van der Waals surface area contributed by atoms with Crippen LogP contribution in [0.15, 0.2) is 80.7 Å². The number of anilines is 1. The molecule has 0 N–H and O–H groups in total. The zero-order valence-electron chi connectivity index (χ0n) is 19.0. The lowest BCUT2D eigenvalue weighted by molar-refractivity contribution is 0.221. The quantitative estimate of drug-likeness (QED) is 0.499.